The van der Waals surface area contributed by atoms with Gasteiger partial charge in [0.2, 0.25) is 0 Å². The minimum Gasteiger partial charge on any atom is -0.339 e. The van der Waals surface area contributed by atoms with Gasteiger partial charge in [-0.25, -0.2) is 9.97 Å². The van der Waals surface area contributed by atoms with Crippen molar-refractivity contribution < 1.29 is 4.79 Å². The maximum absolute atomic E-state index is 12.6. The van der Waals surface area contributed by atoms with E-state index in [9.17, 15) is 4.79 Å². The summed E-state index contributed by atoms with van der Waals surface area (Å²) >= 11 is 13.6. The number of hydrogen-bond donors (Lipinski definition) is 0. The third-order valence-corrected chi connectivity index (χ3v) is 6.11. The van der Waals surface area contributed by atoms with Gasteiger partial charge in [-0.2, -0.15) is 0 Å². The van der Waals surface area contributed by atoms with E-state index >= 15 is 0 Å². The predicted octanol–water partition coefficient (Wildman–Crippen LogP) is 5.02. The minimum absolute atomic E-state index is 0.0128. The monoisotopic (exact) mass is 391 g/mol. The van der Waals surface area contributed by atoms with Crippen molar-refractivity contribution in [1.82, 2.24) is 14.9 Å². The van der Waals surface area contributed by atoms with Crippen LogP contribution in [0.1, 0.15) is 34.1 Å². The number of rotatable bonds is 2. The minimum atomic E-state index is 0.0128. The lowest BCUT2D eigenvalue weighted by Crippen LogP contribution is -2.37. The van der Waals surface area contributed by atoms with Gasteiger partial charge in [0.15, 0.2) is 0 Å². The number of carbonyl (C=O) groups excluding carboxylic acids is 1. The third-order valence-electron chi connectivity index (χ3n) is 4.47. The molecule has 0 radical (unpaired) electrons. The fraction of sp³-hybridized carbons (Fsp3) is 0.278. The Morgan fingerprint density at radius 1 is 1.16 bits per heavy atom. The molecule has 0 atom stereocenters. The van der Waals surface area contributed by atoms with Gasteiger partial charge in [0.25, 0.3) is 5.91 Å². The van der Waals surface area contributed by atoms with Crippen molar-refractivity contribution in [3.63, 3.8) is 0 Å². The number of likely N-dealkylation sites (tertiary alicyclic amines) is 1. The van der Waals surface area contributed by atoms with Crippen LogP contribution in [0.3, 0.4) is 0 Å². The van der Waals surface area contributed by atoms with Crippen LogP contribution < -0.4 is 0 Å². The van der Waals surface area contributed by atoms with Crippen molar-refractivity contribution in [1.29, 1.82) is 0 Å². The van der Waals surface area contributed by atoms with E-state index < -0.39 is 0 Å². The lowest BCUT2D eigenvalue weighted by Gasteiger charge is -2.31. The lowest BCUT2D eigenvalue weighted by molar-refractivity contribution is 0.0713. The van der Waals surface area contributed by atoms with Crippen molar-refractivity contribution >= 4 is 50.7 Å². The molecule has 0 saturated carbocycles. The highest BCUT2D eigenvalue weighted by atomic mass is 35.5. The van der Waals surface area contributed by atoms with E-state index in [1.807, 2.05) is 23.1 Å². The zero-order valence-electron chi connectivity index (χ0n) is 13.3. The maximum Gasteiger partial charge on any atom is 0.254 e. The fourth-order valence-corrected chi connectivity index (χ4v) is 4.60. The molecule has 1 saturated heterocycles. The highest BCUT2D eigenvalue weighted by Gasteiger charge is 2.26. The number of fused-ring (bicyclic) bond motifs is 1. The first kappa shape index (κ1) is 16.8. The summed E-state index contributed by atoms with van der Waals surface area (Å²) in [5.41, 5.74) is 1.55. The number of amides is 1. The number of halogens is 2. The van der Waals surface area contributed by atoms with Gasteiger partial charge in [0, 0.05) is 35.8 Å². The number of hydrogen-bond acceptors (Lipinski definition) is 4. The van der Waals surface area contributed by atoms with Gasteiger partial charge in [-0.05, 0) is 43.2 Å². The first-order chi connectivity index (χ1) is 12.1. The van der Waals surface area contributed by atoms with Crippen LogP contribution in [0.15, 0.2) is 36.5 Å². The van der Waals surface area contributed by atoms with Gasteiger partial charge < -0.3 is 4.90 Å². The van der Waals surface area contributed by atoms with Crippen molar-refractivity contribution in [3.8, 4) is 0 Å². The molecule has 1 fully saturated rings. The number of piperidine rings is 1. The molecule has 0 unspecified atom stereocenters. The molecule has 7 heteroatoms. The molecule has 2 aromatic heterocycles. The normalized spacial score (nSPS) is 15.7. The average Bonchev–Trinajstić information content (AvgIpc) is 3.04. The van der Waals surface area contributed by atoms with Crippen LogP contribution in [-0.2, 0) is 0 Å². The fourth-order valence-electron chi connectivity index (χ4n) is 3.14. The van der Waals surface area contributed by atoms with Crippen LogP contribution >= 0.6 is 34.5 Å². The number of benzene rings is 1. The summed E-state index contributed by atoms with van der Waals surface area (Å²) in [6.45, 7) is 1.44. The highest BCUT2D eigenvalue weighted by molar-refractivity contribution is 7.18. The molecule has 1 amide bonds. The van der Waals surface area contributed by atoms with E-state index in [2.05, 4.69) is 4.98 Å². The zero-order valence-corrected chi connectivity index (χ0v) is 15.6. The summed E-state index contributed by atoms with van der Waals surface area (Å²) in [4.78, 5) is 23.1. The molecule has 4 rings (SSSR count). The summed E-state index contributed by atoms with van der Waals surface area (Å²) in [6, 6.07) is 9.14. The van der Waals surface area contributed by atoms with Crippen molar-refractivity contribution in [2.45, 2.75) is 18.8 Å². The van der Waals surface area contributed by atoms with Crippen LogP contribution in [0.4, 0.5) is 0 Å². The Bertz CT molecular complexity index is 935. The third kappa shape index (κ3) is 3.50. The van der Waals surface area contributed by atoms with Gasteiger partial charge in [0.05, 0.1) is 15.2 Å². The molecule has 1 aliphatic rings. The highest BCUT2D eigenvalue weighted by Crippen LogP contribution is 2.35. The second kappa shape index (κ2) is 6.90. The number of thiazole rings is 1. The number of aromatic nitrogens is 2. The molecule has 0 N–H and O–H groups in total. The summed E-state index contributed by atoms with van der Waals surface area (Å²) in [6.07, 6.45) is 3.39. The van der Waals surface area contributed by atoms with E-state index in [4.69, 9.17) is 28.2 Å². The van der Waals surface area contributed by atoms with Gasteiger partial charge in [-0.1, -0.05) is 23.2 Å². The predicted molar refractivity (Wildman–Crippen MR) is 102 cm³/mol. The molecule has 0 aliphatic carbocycles. The van der Waals surface area contributed by atoms with E-state index in [0.29, 0.717) is 21.7 Å². The standard InChI is InChI=1S/C18H15Cl2N3OS/c19-13-1-2-15-14(10-13)22-17(25-15)11-4-7-23(8-5-11)18(24)12-3-6-21-16(20)9-12/h1-3,6,9-11H,4-5,7-8H2. The Labute approximate surface area is 159 Å². The molecular weight excluding hydrogens is 377 g/mol. The molecule has 4 nitrogen and oxygen atoms in total. The number of nitrogens with zero attached hydrogens (tertiary/aromatic N) is 3. The zero-order chi connectivity index (χ0) is 17.4. The Morgan fingerprint density at radius 3 is 2.72 bits per heavy atom. The molecule has 1 aliphatic heterocycles. The Balaban J connectivity index is 1.46. The molecular formula is C18H15Cl2N3OS. The summed E-state index contributed by atoms with van der Waals surface area (Å²) in [5, 5.41) is 2.19. The Kier molecular flexibility index (Phi) is 4.63. The van der Waals surface area contributed by atoms with Gasteiger partial charge in [0.1, 0.15) is 5.15 Å². The van der Waals surface area contributed by atoms with Crippen molar-refractivity contribution in [2.75, 3.05) is 13.1 Å². The summed E-state index contributed by atoms with van der Waals surface area (Å²) < 4.78 is 1.16. The first-order valence-electron chi connectivity index (χ1n) is 8.07. The topological polar surface area (TPSA) is 46.1 Å². The summed E-state index contributed by atoms with van der Waals surface area (Å²) in [5.74, 6) is 0.403. The number of carbonyl (C=O) groups is 1. The largest absolute Gasteiger partial charge is 0.339 e. The SMILES string of the molecule is O=C(c1ccnc(Cl)c1)N1CCC(c2nc3cc(Cl)ccc3s2)CC1. The molecule has 25 heavy (non-hydrogen) atoms. The van der Waals surface area contributed by atoms with Gasteiger partial charge in [-0.3, -0.25) is 4.79 Å². The van der Waals surface area contributed by atoms with Crippen LogP contribution in [-0.4, -0.2) is 33.9 Å². The maximum atomic E-state index is 12.6. The van der Waals surface area contributed by atoms with E-state index in [1.54, 1.807) is 29.7 Å². The smallest absolute Gasteiger partial charge is 0.254 e. The van der Waals surface area contributed by atoms with Crippen LogP contribution in [0.5, 0.6) is 0 Å². The van der Waals surface area contributed by atoms with E-state index in [0.717, 1.165) is 41.2 Å². The second-order valence-corrected chi connectivity index (χ2v) is 7.98. The quantitative estimate of drug-likeness (QED) is 0.576. The van der Waals surface area contributed by atoms with Crippen molar-refractivity contribution in [3.05, 3.63) is 57.3 Å². The molecule has 0 spiro atoms. The second-order valence-electron chi connectivity index (χ2n) is 6.10. The number of pyridine rings is 1. The molecule has 128 valence electrons. The van der Waals surface area contributed by atoms with Crippen LogP contribution in [0, 0.1) is 0 Å². The van der Waals surface area contributed by atoms with Gasteiger partial charge >= 0.3 is 0 Å². The molecule has 3 aromatic rings. The van der Waals surface area contributed by atoms with Crippen LogP contribution in [0.2, 0.25) is 10.2 Å². The molecule has 0 bridgehead atoms. The summed E-state index contributed by atoms with van der Waals surface area (Å²) in [7, 11) is 0. The Morgan fingerprint density at radius 2 is 1.96 bits per heavy atom. The first-order valence-corrected chi connectivity index (χ1v) is 9.64. The average molecular weight is 392 g/mol. The van der Waals surface area contributed by atoms with Gasteiger partial charge in [-0.15, -0.1) is 11.3 Å². The molecule has 3 heterocycles. The van der Waals surface area contributed by atoms with E-state index in [-0.39, 0.29) is 5.91 Å². The lowest BCUT2D eigenvalue weighted by atomic mass is 9.97. The van der Waals surface area contributed by atoms with Crippen molar-refractivity contribution in [2.24, 2.45) is 0 Å². The Hall–Kier alpha value is -1.69. The van der Waals surface area contributed by atoms with Crippen LogP contribution in [0.25, 0.3) is 10.2 Å². The molecule has 1 aromatic carbocycles. The van der Waals surface area contributed by atoms with E-state index in [1.165, 1.54) is 0 Å².